The van der Waals surface area contributed by atoms with Gasteiger partial charge in [0.25, 0.3) is 5.91 Å². The van der Waals surface area contributed by atoms with Crippen LogP contribution >= 0.6 is 12.2 Å². The predicted octanol–water partition coefficient (Wildman–Crippen LogP) is 1.65. The lowest BCUT2D eigenvalue weighted by atomic mass is 10.1. The highest BCUT2D eigenvalue weighted by molar-refractivity contribution is 7.80. The van der Waals surface area contributed by atoms with Crippen LogP contribution in [0.5, 0.6) is 5.88 Å². The van der Waals surface area contributed by atoms with E-state index in [0.717, 1.165) is 11.1 Å². The number of aromatic nitrogens is 1. The smallest absolute Gasteiger partial charge is 0.257 e. The van der Waals surface area contributed by atoms with Gasteiger partial charge in [0.05, 0.1) is 7.11 Å². The van der Waals surface area contributed by atoms with E-state index in [2.05, 4.69) is 10.3 Å². The zero-order chi connectivity index (χ0) is 15.2. The summed E-state index contributed by atoms with van der Waals surface area (Å²) in [4.78, 5) is 16.4. The summed E-state index contributed by atoms with van der Waals surface area (Å²) in [6.07, 6.45) is 1.57. The molecule has 0 bridgehead atoms. The third kappa shape index (κ3) is 3.76. The molecule has 0 aliphatic rings. The van der Waals surface area contributed by atoms with Gasteiger partial charge in [0, 0.05) is 18.3 Å². The Morgan fingerprint density at radius 2 is 2.05 bits per heavy atom. The molecule has 5 nitrogen and oxygen atoms in total. The summed E-state index contributed by atoms with van der Waals surface area (Å²) >= 11 is 4.89. The molecule has 0 saturated heterocycles. The molecule has 6 heteroatoms. The number of methoxy groups -OCH3 is 1. The molecule has 0 fully saturated rings. The molecule has 0 unspecified atom stereocenters. The average molecular weight is 301 g/mol. The minimum Gasteiger partial charge on any atom is -0.480 e. The number of hydrogen-bond donors (Lipinski definition) is 2. The third-order valence-corrected chi connectivity index (χ3v) is 3.14. The van der Waals surface area contributed by atoms with Gasteiger partial charge < -0.3 is 15.8 Å². The van der Waals surface area contributed by atoms with Crippen LogP contribution < -0.4 is 15.8 Å². The lowest BCUT2D eigenvalue weighted by Crippen LogP contribution is -2.23. The molecule has 0 atom stereocenters. The first-order valence-corrected chi connectivity index (χ1v) is 6.68. The molecule has 1 heterocycles. The van der Waals surface area contributed by atoms with Crippen molar-refractivity contribution >= 4 is 23.1 Å². The summed E-state index contributed by atoms with van der Waals surface area (Å²) in [6, 6.07) is 10.7. The molecule has 3 N–H and O–H groups in total. The number of carbonyl (C=O) groups excluding carboxylic acids is 1. The van der Waals surface area contributed by atoms with E-state index in [0.29, 0.717) is 23.0 Å². The molecule has 1 amide bonds. The lowest BCUT2D eigenvalue weighted by molar-refractivity contribution is 0.0947. The van der Waals surface area contributed by atoms with Crippen LogP contribution in [0.2, 0.25) is 0 Å². The summed E-state index contributed by atoms with van der Waals surface area (Å²) in [5.74, 6) is 0.0669. The molecule has 2 aromatic rings. The van der Waals surface area contributed by atoms with Gasteiger partial charge in [-0.05, 0) is 17.7 Å². The first kappa shape index (κ1) is 14.9. The van der Waals surface area contributed by atoms with Crippen molar-refractivity contribution in [1.29, 1.82) is 0 Å². The van der Waals surface area contributed by atoms with Crippen LogP contribution in [0.1, 0.15) is 21.5 Å². The van der Waals surface area contributed by atoms with Crippen LogP contribution in [0.25, 0.3) is 0 Å². The molecule has 1 aromatic heterocycles. The van der Waals surface area contributed by atoms with E-state index in [1.165, 1.54) is 7.11 Å². The summed E-state index contributed by atoms with van der Waals surface area (Å²) in [6.45, 7) is 0.397. The molecule has 0 spiro atoms. The van der Waals surface area contributed by atoms with E-state index >= 15 is 0 Å². The van der Waals surface area contributed by atoms with Crippen LogP contribution in [-0.2, 0) is 6.54 Å². The van der Waals surface area contributed by atoms with Gasteiger partial charge in [-0.25, -0.2) is 4.98 Å². The van der Waals surface area contributed by atoms with Gasteiger partial charge in [0.15, 0.2) is 0 Å². The Morgan fingerprint density at radius 3 is 2.67 bits per heavy atom. The van der Waals surface area contributed by atoms with Crippen molar-refractivity contribution in [3.8, 4) is 5.88 Å². The molecule has 108 valence electrons. The standard InChI is InChI=1S/C15H15N3O2S/c1-20-15-12(3-2-8-17-15)14(19)18-9-10-4-6-11(7-5-10)13(16)21/h2-8H,9H2,1H3,(H2,16,21)(H,18,19). The number of carbonyl (C=O) groups is 1. The number of hydrogen-bond acceptors (Lipinski definition) is 4. The first-order valence-electron chi connectivity index (χ1n) is 6.27. The van der Waals surface area contributed by atoms with Crippen LogP contribution in [0.15, 0.2) is 42.6 Å². The molecular formula is C15H15N3O2S. The topological polar surface area (TPSA) is 77.2 Å². The van der Waals surface area contributed by atoms with E-state index in [1.54, 1.807) is 18.3 Å². The van der Waals surface area contributed by atoms with E-state index in [9.17, 15) is 4.79 Å². The van der Waals surface area contributed by atoms with Gasteiger partial charge in [0.2, 0.25) is 5.88 Å². The van der Waals surface area contributed by atoms with Gasteiger partial charge in [0.1, 0.15) is 10.6 Å². The fourth-order valence-electron chi connectivity index (χ4n) is 1.79. The fourth-order valence-corrected chi connectivity index (χ4v) is 1.93. The largest absolute Gasteiger partial charge is 0.480 e. The molecule has 0 saturated carbocycles. The van der Waals surface area contributed by atoms with Crippen molar-refractivity contribution in [1.82, 2.24) is 10.3 Å². The van der Waals surface area contributed by atoms with Crippen molar-refractivity contribution in [2.24, 2.45) is 5.73 Å². The normalized spacial score (nSPS) is 9.95. The minimum atomic E-state index is -0.238. The summed E-state index contributed by atoms with van der Waals surface area (Å²) in [7, 11) is 1.48. The monoisotopic (exact) mass is 301 g/mol. The zero-order valence-electron chi connectivity index (χ0n) is 11.5. The van der Waals surface area contributed by atoms with E-state index in [-0.39, 0.29) is 5.91 Å². The number of amides is 1. The molecule has 0 aliphatic carbocycles. The summed E-state index contributed by atoms with van der Waals surface area (Å²) < 4.78 is 5.06. The Bertz CT molecular complexity index is 656. The SMILES string of the molecule is COc1ncccc1C(=O)NCc1ccc(C(N)=S)cc1. The van der Waals surface area contributed by atoms with E-state index in [1.807, 2.05) is 24.3 Å². The van der Waals surface area contributed by atoms with E-state index < -0.39 is 0 Å². The number of thiocarbonyl (C=S) groups is 1. The van der Waals surface area contributed by atoms with Gasteiger partial charge in [-0.15, -0.1) is 0 Å². The lowest BCUT2D eigenvalue weighted by Gasteiger charge is -2.08. The quantitative estimate of drug-likeness (QED) is 0.821. The Kier molecular flexibility index (Phi) is 4.84. The third-order valence-electron chi connectivity index (χ3n) is 2.90. The van der Waals surface area contributed by atoms with Gasteiger partial charge >= 0.3 is 0 Å². The molecular weight excluding hydrogens is 286 g/mol. The Hall–Kier alpha value is -2.47. The van der Waals surface area contributed by atoms with Crippen molar-refractivity contribution < 1.29 is 9.53 Å². The number of pyridine rings is 1. The highest BCUT2D eigenvalue weighted by atomic mass is 32.1. The Morgan fingerprint density at radius 1 is 1.33 bits per heavy atom. The maximum Gasteiger partial charge on any atom is 0.257 e. The second kappa shape index (κ2) is 6.81. The molecule has 0 aliphatic heterocycles. The van der Waals surface area contributed by atoms with Crippen LogP contribution in [0.3, 0.4) is 0 Å². The zero-order valence-corrected chi connectivity index (χ0v) is 12.3. The van der Waals surface area contributed by atoms with Gasteiger partial charge in [-0.1, -0.05) is 36.5 Å². The fraction of sp³-hybridized carbons (Fsp3) is 0.133. The number of benzene rings is 1. The highest BCUT2D eigenvalue weighted by Gasteiger charge is 2.12. The number of nitrogens with zero attached hydrogens (tertiary/aromatic N) is 1. The van der Waals surface area contributed by atoms with Crippen LogP contribution in [0.4, 0.5) is 0 Å². The summed E-state index contributed by atoms with van der Waals surface area (Å²) in [5.41, 5.74) is 7.69. The number of nitrogens with one attached hydrogen (secondary N) is 1. The van der Waals surface area contributed by atoms with Crippen LogP contribution in [0, 0.1) is 0 Å². The van der Waals surface area contributed by atoms with Crippen molar-refractivity contribution in [2.45, 2.75) is 6.54 Å². The van der Waals surface area contributed by atoms with Crippen LogP contribution in [-0.4, -0.2) is 23.0 Å². The summed E-state index contributed by atoms with van der Waals surface area (Å²) in [5, 5.41) is 2.82. The van der Waals surface area contributed by atoms with Crippen molar-refractivity contribution in [2.75, 3.05) is 7.11 Å². The molecule has 2 rings (SSSR count). The maximum absolute atomic E-state index is 12.1. The number of ether oxygens (including phenoxy) is 1. The number of rotatable bonds is 5. The first-order chi connectivity index (χ1) is 10.1. The maximum atomic E-state index is 12.1. The van der Waals surface area contributed by atoms with Gasteiger partial charge in [-0.2, -0.15) is 0 Å². The minimum absolute atomic E-state index is 0.238. The van der Waals surface area contributed by atoms with Crippen molar-refractivity contribution in [3.05, 3.63) is 59.3 Å². The van der Waals surface area contributed by atoms with Crippen molar-refractivity contribution in [3.63, 3.8) is 0 Å². The number of nitrogens with two attached hydrogens (primary N) is 1. The second-order valence-corrected chi connectivity index (χ2v) is 4.74. The van der Waals surface area contributed by atoms with E-state index in [4.69, 9.17) is 22.7 Å². The Balaban J connectivity index is 2.02. The highest BCUT2D eigenvalue weighted by Crippen LogP contribution is 2.13. The molecule has 1 aromatic carbocycles. The Labute approximate surface area is 128 Å². The predicted molar refractivity (Wildman–Crippen MR) is 84.3 cm³/mol. The average Bonchev–Trinajstić information content (AvgIpc) is 2.52. The molecule has 21 heavy (non-hydrogen) atoms. The molecule has 0 radical (unpaired) electrons. The second-order valence-electron chi connectivity index (χ2n) is 4.30. The van der Waals surface area contributed by atoms with Gasteiger partial charge in [-0.3, -0.25) is 4.79 Å².